The lowest BCUT2D eigenvalue weighted by atomic mass is 10.3. The van der Waals surface area contributed by atoms with Crippen LogP contribution in [0, 0.1) is 0 Å². The second kappa shape index (κ2) is 2.27. The van der Waals surface area contributed by atoms with Gasteiger partial charge in [-0.05, 0) is 25.0 Å². The van der Waals surface area contributed by atoms with E-state index in [2.05, 4.69) is 4.98 Å². The van der Waals surface area contributed by atoms with Crippen LogP contribution >= 0.6 is 0 Å². The van der Waals surface area contributed by atoms with Crippen molar-refractivity contribution in [3.05, 3.63) is 30.2 Å². The first-order chi connectivity index (χ1) is 6.71. The molecule has 0 aromatic carbocycles. The van der Waals surface area contributed by atoms with Crippen LogP contribution < -0.4 is 5.73 Å². The van der Waals surface area contributed by atoms with E-state index in [-0.39, 0.29) is 11.4 Å². The molecule has 0 spiro atoms. The number of fused-ring (bicyclic) bond motifs is 1. The highest BCUT2D eigenvalue weighted by Crippen LogP contribution is 2.42. The predicted octanol–water partition coefficient (Wildman–Crippen LogP) is 0.988. The Hall–Kier alpha value is -1.55. The fourth-order valence-electron chi connectivity index (χ4n) is 1.74. The molecule has 72 valence electrons. The molecule has 1 fully saturated rings. The molecule has 2 aromatic heterocycles. The van der Waals surface area contributed by atoms with Crippen LogP contribution in [0.3, 0.4) is 0 Å². The van der Waals surface area contributed by atoms with Gasteiger partial charge in [0.2, 0.25) is 0 Å². The van der Waals surface area contributed by atoms with Gasteiger partial charge in [-0.2, -0.15) is 0 Å². The normalized spacial score (nSPS) is 18.6. The van der Waals surface area contributed by atoms with Crippen LogP contribution in [0.2, 0.25) is 0 Å². The highest BCUT2D eigenvalue weighted by Gasteiger charge is 2.44. The van der Waals surface area contributed by atoms with Gasteiger partial charge in [0.15, 0.2) is 5.88 Å². The smallest absolute Gasteiger partial charge is 0.197 e. The zero-order valence-corrected chi connectivity index (χ0v) is 7.64. The van der Waals surface area contributed by atoms with Crippen LogP contribution in [0.5, 0.6) is 5.88 Å². The minimum atomic E-state index is -0.314. The zero-order chi connectivity index (χ0) is 9.76. The summed E-state index contributed by atoms with van der Waals surface area (Å²) in [7, 11) is 0. The maximum atomic E-state index is 9.70. The van der Waals surface area contributed by atoms with E-state index in [9.17, 15) is 5.11 Å². The zero-order valence-electron chi connectivity index (χ0n) is 7.64. The molecule has 14 heavy (non-hydrogen) atoms. The van der Waals surface area contributed by atoms with Crippen LogP contribution in [0.25, 0.3) is 5.52 Å². The summed E-state index contributed by atoms with van der Waals surface area (Å²) in [6.07, 6.45) is 3.63. The van der Waals surface area contributed by atoms with Gasteiger partial charge < -0.3 is 10.8 Å². The van der Waals surface area contributed by atoms with Gasteiger partial charge in [-0.15, -0.1) is 0 Å². The van der Waals surface area contributed by atoms with Crippen LogP contribution in [-0.4, -0.2) is 14.5 Å². The summed E-state index contributed by atoms with van der Waals surface area (Å²) in [6.45, 7) is 0. The second-order valence-electron chi connectivity index (χ2n) is 3.88. The molecule has 2 aromatic rings. The monoisotopic (exact) mass is 189 g/mol. The quantitative estimate of drug-likeness (QED) is 0.703. The first-order valence-electron chi connectivity index (χ1n) is 4.65. The highest BCUT2D eigenvalue weighted by molar-refractivity contribution is 5.50. The molecule has 1 aliphatic carbocycles. The number of pyridine rings is 1. The van der Waals surface area contributed by atoms with Gasteiger partial charge >= 0.3 is 0 Å². The van der Waals surface area contributed by atoms with Gasteiger partial charge in [0, 0.05) is 0 Å². The molecule has 0 radical (unpaired) electrons. The molecule has 0 amide bonds. The summed E-state index contributed by atoms with van der Waals surface area (Å²) >= 11 is 0. The maximum absolute atomic E-state index is 9.70. The Labute approximate surface area is 81.0 Å². The van der Waals surface area contributed by atoms with Gasteiger partial charge in [-0.3, -0.25) is 4.40 Å². The molecule has 4 nitrogen and oxygen atoms in total. The lowest BCUT2D eigenvalue weighted by molar-refractivity contribution is 0.438. The molecule has 0 saturated heterocycles. The fraction of sp³-hybridized carbons (Fsp3) is 0.300. The fourth-order valence-corrected chi connectivity index (χ4v) is 1.74. The number of rotatable bonds is 1. The SMILES string of the molecule is NC1(c2ncc3cccc(O)n23)CC1. The molecular formula is C10H11N3O. The van der Waals surface area contributed by atoms with Crippen LogP contribution in [0.15, 0.2) is 24.4 Å². The van der Waals surface area contributed by atoms with Crippen molar-refractivity contribution in [1.29, 1.82) is 0 Å². The number of nitrogens with two attached hydrogens (primary N) is 1. The van der Waals surface area contributed by atoms with Crippen LogP contribution in [-0.2, 0) is 5.54 Å². The molecule has 2 heterocycles. The van der Waals surface area contributed by atoms with Gasteiger partial charge in [0.05, 0.1) is 17.3 Å². The largest absolute Gasteiger partial charge is 0.494 e. The molecule has 0 unspecified atom stereocenters. The highest BCUT2D eigenvalue weighted by atomic mass is 16.3. The van der Waals surface area contributed by atoms with Crippen LogP contribution in [0.4, 0.5) is 0 Å². The third-order valence-electron chi connectivity index (χ3n) is 2.76. The third kappa shape index (κ3) is 0.886. The maximum Gasteiger partial charge on any atom is 0.197 e. The van der Waals surface area contributed by atoms with Crippen molar-refractivity contribution in [3.8, 4) is 5.88 Å². The number of nitrogens with zero attached hydrogens (tertiary/aromatic N) is 2. The first-order valence-corrected chi connectivity index (χ1v) is 4.65. The second-order valence-corrected chi connectivity index (χ2v) is 3.88. The van der Waals surface area contributed by atoms with Gasteiger partial charge in [-0.1, -0.05) is 6.07 Å². The minimum absolute atomic E-state index is 0.201. The van der Waals surface area contributed by atoms with E-state index in [0.717, 1.165) is 24.2 Å². The van der Waals surface area contributed by atoms with Gasteiger partial charge in [0.1, 0.15) is 5.82 Å². The number of aromatic hydroxyl groups is 1. The van der Waals surface area contributed by atoms with Gasteiger partial charge in [-0.25, -0.2) is 4.98 Å². The number of hydrogen-bond acceptors (Lipinski definition) is 3. The van der Waals surface area contributed by atoms with Crippen molar-refractivity contribution in [2.45, 2.75) is 18.4 Å². The molecule has 1 aliphatic rings. The van der Waals surface area contributed by atoms with E-state index < -0.39 is 0 Å². The Morgan fingerprint density at radius 1 is 1.43 bits per heavy atom. The molecule has 0 bridgehead atoms. The Morgan fingerprint density at radius 2 is 2.21 bits per heavy atom. The summed E-state index contributed by atoms with van der Waals surface area (Å²) in [6, 6.07) is 5.35. The lowest BCUT2D eigenvalue weighted by Gasteiger charge is -2.08. The molecule has 0 aliphatic heterocycles. The molecule has 1 saturated carbocycles. The molecule has 0 atom stereocenters. The summed E-state index contributed by atoms with van der Waals surface area (Å²) in [4.78, 5) is 4.27. The van der Waals surface area contributed by atoms with Crippen molar-refractivity contribution in [2.75, 3.05) is 0 Å². The Kier molecular flexibility index (Phi) is 1.27. The van der Waals surface area contributed by atoms with E-state index in [1.54, 1.807) is 22.7 Å². The molecule has 4 heteroatoms. The summed E-state index contributed by atoms with van der Waals surface area (Å²) in [5, 5.41) is 9.70. The van der Waals surface area contributed by atoms with E-state index in [0.29, 0.717) is 0 Å². The number of imidazole rings is 1. The van der Waals surface area contributed by atoms with Crippen LogP contribution in [0.1, 0.15) is 18.7 Å². The van der Waals surface area contributed by atoms with Crippen molar-refractivity contribution in [3.63, 3.8) is 0 Å². The Morgan fingerprint density at radius 3 is 2.93 bits per heavy atom. The first kappa shape index (κ1) is 7.82. The summed E-state index contributed by atoms with van der Waals surface area (Å²) in [5.41, 5.74) is 6.62. The van der Waals surface area contributed by atoms with Crippen molar-refractivity contribution in [2.24, 2.45) is 5.73 Å². The van der Waals surface area contributed by atoms with Gasteiger partial charge in [0.25, 0.3) is 0 Å². The molecular weight excluding hydrogens is 178 g/mol. The van der Waals surface area contributed by atoms with Crippen molar-refractivity contribution in [1.82, 2.24) is 9.38 Å². The third-order valence-corrected chi connectivity index (χ3v) is 2.76. The van der Waals surface area contributed by atoms with Crippen molar-refractivity contribution >= 4 is 5.52 Å². The molecule has 3 N–H and O–H groups in total. The number of hydrogen-bond donors (Lipinski definition) is 2. The average molecular weight is 189 g/mol. The Bertz CT molecular complexity index is 499. The van der Waals surface area contributed by atoms with E-state index in [1.807, 2.05) is 6.07 Å². The number of aromatic nitrogens is 2. The topological polar surface area (TPSA) is 63.5 Å². The summed E-state index contributed by atoms with van der Waals surface area (Å²) < 4.78 is 1.72. The lowest BCUT2D eigenvalue weighted by Crippen LogP contribution is -2.22. The Balaban J connectivity index is 2.35. The minimum Gasteiger partial charge on any atom is -0.494 e. The van der Waals surface area contributed by atoms with E-state index >= 15 is 0 Å². The predicted molar refractivity (Wildman–Crippen MR) is 52.0 cm³/mol. The average Bonchev–Trinajstić information content (AvgIpc) is 2.77. The molecule has 3 rings (SSSR count). The van der Waals surface area contributed by atoms with E-state index in [1.165, 1.54) is 0 Å². The standard InChI is InChI=1S/C10H11N3O/c11-10(4-5-10)9-12-6-7-2-1-3-8(14)13(7)9/h1-3,6,14H,4-5,11H2. The van der Waals surface area contributed by atoms with E-state index in [4.69, 9.17) is 5.73 Å². The summed E-state index contributed by atoms with van der Waals surface area (Å²) in [5.74, 6) is 0.970. The van der Waals surface area contributed by atoms with Crippen molar-refractivity contribution < 1.29 is 5.11 Å².